The van der Waals surface area contributed by atoms with Crippen molar-refractivity contribution in [2.45, 2.75) is 19.1 Å². The highest BCUT2D eigenvalue weighted by atomic mass is 32.2. The van der Waals surface area contributed by atoms with E-state index < -0.39 is 0 Å². The first kappa shape index (κ1) is 10.2. The number of carbonyl (C=O) groups is 1. The van der Waals surface area contributed by atoms with E-state index in [2.05, 4.69) is 14.9 Å². The lowest BCUT2D eigenvalue weighted by Gasteiger charge is -2.29. The van der Waals surface area contributed by atoms with Crippen LogP contribution in [0.3, 0.4) is 0 Å². The van der Waals surface area contributed by atoms with E-state index in [-0.39, 0.29) is 11.9 Å². The van der Waals surface area contributed by atoms with E-state index in [1.54, 1.807) is 18.0 Å². The van der Waals surface area contributed by atoms with E-state index in [4.69, 9.17) is 0 Å². The van der Waals surface area contributed by atoms with Crippen LogP contribution in [0.25, 0.3) is 0 Å². The van der Waals surface area contributed by atoms with Gasteiger partial charge in [-0.2, -0.15) is 0 Å². The number of hydrogen-bond acceptors (Lipinski definition) is 4. The summed E-state index contributed by atoms with van der Waals surface area (Å²) in [5.41, 5.74) is 0. The Labute approximate surface area is 98.2 Å². The zero-order chi connectivity index (χ0) is 11.0. The van der Waals surface area contributed by atoms with Gasteiger partial charge in [-0.1, -0.05) is 0 Å². The summed E-state index contributed by atoms with van der Waals surface area (Å²) >= 11 is 1.78. The lowest BCUT2D eigenvalue weighted by molar-refractivity contribution is -0.134. The van der Waals surface area contributed by atoms with Crippen molar-refractivity contribution in [3.05, 3.63) is 18.2 Å². The van der Waals surface area contributed by atoms with Crippen LogP contribution in [-0.2, 0) is 17.9 Å². The molecule has 3 rings (SSSR count). The highest BCUT2D eigenvalue weighted by Gasteiger charge is 2.29. The van der Waals surface area contributed by atoms with E-state index in [1.807, 2.05) is 11.1 Å². The van der Waals surface area contributed by atoms with E-state index in [9.17, 15) is 4.79 Å². The molecule has 0 bridgehead atoms. The third kappa shape index (κ3) is 1.72. The molecular weight excluding hydrogens is 224 g/mol. The largest absolute Gasteiger partial charge is 0.332 e. The van der Waals surface area contributed by atoms with Crippen molar-refractivity contribution >= 4 is 17.7 Å². The molecule has 1 fully saturated rings. The van der Waals surface area contributed by atoms with Gasteiger partial charge >= 0.3 is 0 Å². The monoisotopic (exact) mass is 238 g/mol. The second kappa shape index (κ2) is 4.10. The zero-order valence-corrected chi connectivity index (χ0v) is 9.74. The maximum Gasteiger partial charge on any atom is 0.241 e. The molecule has 0 aromatic carbocycles. The Morgan fingerprint density at radius 1 is 1.56 bits per heavy atom. The van der Waals surface area contributed by atoms with Crippen LogP contribution in [0.1, 0.15) is 5.82 Å². The highest BCUT2D eigenvalue weighted by molar-refractivity contribution is 7.99. The summed E-state index contributed by atoms with van der Waals surface area (Å²) in [5, 5.41) is 3.22. The van der Waals surface area contributed by atoms with Gasteiger partial charge in [0, 0.05) is 37.1 Å². The van der Waals surface area contributed by atoms with Crippen LogP contribution in [0.15, 0.2) is 12.4 Å². The fraction of sp³-hybridized carbons (Fsp3) is 0.600. The summed E-state index contributed by atoms with van der Waals surface area (Å²) in [5.74, 6) is 2.99. The molecule has 1 atom stereocenters. The molecule has 5 nitrogen and oxygen atoms in total. The quantitative estimate of drug-likeness (QED) is 0.741. The summed E-state index contributed by atoms with van der Waals surface area (Å²) in [4.78, 5) is 18.3. The third-order valence-corrected chi connectivity index (χ3v) is 4.01. The van der Waals surface area contributed by atoms with Gasteiger partial charge in [0.1, 0.15) is 5.82 Å². The van der Waals surface area contributed by atoms with Crippen molar-refractivity contribution < 1.29 is 4.79 Å². The molecule has 86 valence electrons. The number of fused-ring (bicyclic) bond motifs is 1. The molecule has 2 aliphatic heterocycles. The molecule has 1 unspecified atom stereocenters. The van der Waals surface area contributed by atoms with Crippen molar-refractivity contribution in [3.8, 4) is 0 Å². The summed E-state index contributed by atoms with van der Waals surface area (Å²) in [6.45, 7) is 2.31. The first-order chi connectivity index (χ1) is 7.84. The Bertz CT molecular complexity index is 399. The first-order valence-electron chi connectivity index (χ1n) is 5.44. The molecule has 1 aromatic heterocycles. The summed E-state index contributed by atoms with van der Waals surface area (Å²) in [6.07, 6.45) is 3.77. The van der Waals surface area contributed by atoms with Gasteiger partial charge in [0.05, 0.1) is 12.6 Å². The molecule has 3 heterocycles. The number of thioether (sulfide) groups is 1. The van der Waals surface area contributed by atoms with E-state index >= 15 is 0 Å². The standard InChI is InChI=1S/C10H14N4OS/c15-10(8-6-16-7-12-8)14-4-3-13-2-1-11-9(13)5-14/h1-2,8,12H,3-7H2. The van der Waals surface area contributed by atoms with Crippen LogP contribution < -0.4 is 5.32 Å². The van der Waals surface area contributed by atoms with E-state index in [0.717, 1.165) is 30.5 Å². The minimum Gasteiger partial charge on any atom is -0.332 e. The number of carbonyl (C=O) groups excluding carboxylic acids is 1. The van der Waals surface area contributed by atoms with Crippen LogP contribution in [0.2, 0.25) is 0 Å². The van der Waals surface area contributed by atoms with Gasteiger partial charge < -0.3 is 9.47 Å². The Hall–Kier alpha value is -1.01. The van der Waals surface area contributed by atoms with Gasteiger partial charge in [-0.25, -0.2) is 4.98 Å². The van der Waals surface area contributed by atoms with Gasteiger partial charge in [-0.3, -0.25) is 10.1 Å². The van der Waals surface area contributed by atoms with Gasteiger partial charge in [-0.15, -0.1) is 11.8 Å². The predicted molar refractivity (Wildman–Crippen MR) is 61.9 cm³/mol. The van der Waals surface area contributed by atoms with E-state index in [1.165, 1.54) is 0 Å². The van der Waals surface area contributed by atoms with Crippen LogP contribution in [0.4, 0.5) is 0 Å². The average Bonchev–Trinajstić information content (AvgIpc) is 2.98. The Morgan fingerprint density at radius 2 is 2.50 bits per heavy atom. The minimum atomic E-state index is 0.00603. The molecule has 1 N–H and O–H groups in total. The number of nitrogens with zero attached hydrogens (tertiary/aromatic N) is 3. The third-order valence-electron chi connectivity index (χ3n) is 3.07. The predicted octanol–water partition coefficient (Wildman–Crippen LogP) is -0.112. The maximum absolute atomic E-state index is 12.1. The topological polar surface area (TPSA) is 50.2 Å². The molecule has 0 spiro atoms. The van der Waals surface area contributed by atoms with Gasteiger partial charge in [0.2, 0.25) is 5.91 Å². The minimum absolute atomic E-state index is 0.00603. The fourth-order valence-electron chi connectivity index (χ4n) is 2.14. The number of imidazole rings is 1. The van der Waals surface area contributed by atoms with Crippen molar-refractivity contribution in [2.24, 2.45) is 0 Å². The van der Waals surface area contributed by atoms with Crippen LogP contribution in [0.5, 0.6) is 0 Å². The number of nitrogens with one attached hydrogen (secondary N) is 1. The molecule has 1 saturated heterocycles. The number of aromatic nitrogens is 2. The molecule has 0 saturated carbocycles. The lowest BCUT2D eigenvalue weighted by Crippen LogP contribution is -2.47. The maximum atomic E-state index is 12.1. The summed E-state index contributed by atoms with van der Waals surface area (Å²) in [7, 11) is 0. The van der Waals surface area contributed by atoms with Crippen molar-refractivity contribution in [3.63, 3.8) is 0 Å². The molecule has 6 heteroatoms. The SMILES string of the molecule is O=C(C1CSCN1)N1CCn2ccnc2C1. The van der Waals surface area contributed by atoms with E-state index in [0.29, 0.717) is 6.54 Å². The fourth-order valence-corrected chi connectivity index (χ4v) is 3.07. The van der Waals surface area contributed by atoms with Gasteiger partial charge in [0.25, 0.3) is 0 Å². The second-order valence-electron chi connectivity index (χ2n) is 4.07. The molecule has 0 radical (unpaired) electrons. The van der Waals surface area contributed by atoms with Gasteiger partial charge in [-0.05, 0) is 0 Å². The normalized spacial score (nSPS) is 24.5. The molecule has 0 aliphatic carbocycles. The Kier molecular flexibility index (Phi) is 2.61. The lowest BCUT2D eigenvalue weighted by atomic mass is 10.2. The molecule has 1 aromatic rings. The Balaban J connectivity index is 1.71. The number of amides is 1. The van der Waals surface area contributed by atoms with Crippen LogP contribution in [0, 0.1) is 0 Å². The second-order valence-corrected chi connectivity index (χ2v) is 5.10. The first-order valence-corrected chi connectivity index (χ1v) is 6.60. The molecule has 2 aliphatic rings. The van der Waals surface area contributed by atoms with Crippen molar-refractivity contribution in [1.29, 1.82) is 0 Å². The highest BCUT2D eigenvalue weighted by Crippen LogP contribution is 2.16. The molecule has 1 amide bonds. The number of rotatable bonds is 1. The average molecular weight is 238 g/mol. The zero-order valence-electron chi connectivity index (χ0n) is 8.93. The van der Waals surface area contributed by atoms with Gasteiger partial charge in [0.15, 0.2) is 0 Å². The number of hydrogen-bond donors (Lipinski definition) is 1. The van der Waals surface area contributed by atoms with Crippen LogP contribution in [-0.4, -0.2) is 44.6 Å². The van der Waals surface area contributed by atoms with Crippen molar-refractivity contribution in [1.82, 2.24) is 19.8 Å². The van der Waals surface area contributed by atoms with Crippen LogP contribution >= 0.6 is 11.8 Å². The molecule has 16 heavy (non-hydrogen) atoms. The molecular formula is C10H14N4OS. The summed E-state index contributed by atoms with van der Waals surface area (Å²) < 4.78 is 2.11. The smallest absolute Gasteiger partial charge is 0.241 e. The van der Waals surface area contributed by atoms with Crippen molar-refractivity contribution in [2.75, 3.05) is 18.2 Å². The summed E-state index contributed by atoms with van der Waals surface area (Å²) in [6, 6.07) is 0.00603. The Morgan fingerprint density at radius 3 is 3.31 bits per heavy atom.